The predicted octanol–water partition coefficient (Wildman–Crippen LogP) is 3.63. The Balaban J connectivity index is 1.95. The van der Waals surface area contributed by atoms with Crippen molar-refractivity contribution in [1.29, 1.82) is 0 Å². The fourth-order valence-electron chi connectivity index (χ4n) is 2.16. The van der Waals surface area contributed by atoms with Crippen molar-refractivity contribution in [3.8, 4) is 5.75 Å². The number of carbonyl (C=O) groups is 1. The molecule has 7 heteroatoms. The first kappa shape index (κ1) is 14.3. The molecular formula is C15H12FN3O2S. The molecule has 0 aliphatic heterocycles. The van der Waals surface area contributed by atoms with Gasteiger partial charge in [0.1, 0.15) is 11.6 Å². The molecule has 112 valence electrons. The standard InChI is InChI=1S/C15H12FN3O2S/c1-21-10-4-2-9(3-5-10)17-14(20)11-6-8(16)7-12-13(11)19-15(22)18-12/h2-7H,1H3,(H,17,20)(H2,18,19,22). The molecule has 0 saturated carbocycles. The second-order valence-corrected chi connectivity index (χ2v) is 5.05. The molecule has 3 N–H and O–H groups in total. The van der Waals surface area contributed by atoms with Crippen LogP contribution in [0.1, 0.15) is 10.4 Å². The molecule has 0 saturated heterocycles. The van der Waals surface area contributed by atoms with Gasteiger partial charge in [-0.1, -0.05) is 0 Å². The molecule has 1 aromatic heterocycles. The highest BCUT2D eigenvalue weighted by atomic mass is 32.1. The lowest BCUT2D eigenvalue weighted by Gasteiger charge is -2.07. The first-order valence-electron chi connectivity index (χ1n) is 6.44. The smallest absolute Gasteiger partial charge is 0.257 e. The van der Waals surface area contributed by atoms with Crippen molar-refractivity contribution >= 4 is 34.8 Å². The van der Waals surface area contributed by atoms with Crippen LogP contribution in [0.4, 0.5) is 10.1 Å². The van der Waals surface area contributed by atoms with Crippen LogP contribution in [0.15, 0.2) is 36.4 Å². The van der Waals surface area contributed by atoms with Crippen molar-refractivity contribution in [2.45, 2.75) is 0 Å². The molecule has 1 amide bonds. The van der Waals surface area contributed by atoms with Crippen molar-refractivity contribution in [3.05, 3.63) is 52.5 Å². The molecule has 0 unspecified atom stereocenters. The highest BCUT2D eigenvalue weighted by Gasteiger charge is 2.14. The van der Waals surface area contributed by atoms with Gasteiger partial charge in [0.2, 0.25) is 0 Å². The van der Waals surface area contributed by atoms with Gasteiger partial charge >= 0.3 is 0 Å². The number of carbonyl (C=O) groups excluding carboxylic acids is 1. The molecule has 0 radical (unpaired) electrons. The number of hydrogen-bond acceptors (Lipinski definition) is 3. The van der Waals surface area contributed by atoms with E-state index in [-0.39, 0.29) is 5.56 Å². The summed E-state index contributed by atoms with van der Waals surface area (Å²) in [7, 11) is 1.56. The summed E-state index contributed by atoms with van der Waals surface area (Å²) in [5.74, 6) is -0.265. The third-order valence-electron chi connectivity index (χ3n) is 3.18. The Morgan fingerprint density at radius 2 is 1.95 bits per heavy atom. The van der Waals surface area contributed by atoms with Gasteiger partial charge in [-0.05, 0) is 48.6 Å². The molecule has 3 aromatic rings. The monoisotopic (exact) mass is 317 g/mol. The number of aromatic nitrogens is 2. The van der Waals surface area contributed by atoms with Crippen LogP contribution in [0.2, 0.25) is 0 Å². The molecule has 5 nitrogen and oxygen atoms in total. The number of anilines is 1. The van der Waals surface area contributed by atoms with E-state index in [0.717, 1.165) is 0 Å². The minimum absolute atomic E-state index is 0.179. The number of halogens is 1. The van der Waals surface area contributed by atoms with Crippen LogP contribution < -0.4 is 10.1 Å². The summed E-state index contributed by atoms with van der Waals surface area (Å²) in [6.07, 6.45) is 0. The van der Waals surface area contributed by atoms with Gasteiger partial charge in [0.25, 0.3) is 5.91 Å². The zero-order valence-electron chi connectivity index (χ0n) is 11.6. The van der Waals surface area contributed by atoms with E-state index in [9.17, 15) is 9.18 Å². The number of fused-ring (bicyclic) bond motifs is 1. The fraction of sp³-hybridized carbons (Fsp3) is 0.0667. The van der Waals surface area contributed by atoms with Crippen molar-refractivity contribution in [3.63, 3.8) is 0 Å². The molecule has 3 rings (SSSR count). The number of benzene rings is 2. The number of amides is 1. The van der Waals surface area contributed by atoms with Gasteiger partial charge in [0, 0.05) is 5.69 Å². The minimum Gasteiger partial charge on any atom is -0.497 e. The topological polar surface area (TPSA) is 69.9 Å². The summed E-state index contributed by atoms with van der Waals surface area (Å²) >= 11 is 4.98. The molecule has 1 heterocycles. The molecule has 0 atom stereocenters. The number of ether oxygens (including phenoxy) is 1. The Hall–Kier alpha value is -2.67. The maximum atomic E-state index is 13.6. The van der Waals surface area contributed by atoms with Crippen LogP contribution in [0.25, 0.3) is 11.0 Å². The Morgan fingerprint density at radius 3 is 2.64 bits per heavy atom. The summed E-state index contributed by atoms with van der Waals surface area (Å²) in [5, 5.41) is 2.71. The van der Waals surface area contributed by atoms with Gasteiger partial charge in [-0.3, -0.25) is 4.79 Å². The molecule has 0 bridgehead atoms. The van der Waals surface area contributed by atoms with Crippen molar-refractivity contribution in [2.75, 3.05) is 12.4 Å². The summed E-state index contributed by atoms with van der Waals surface area (Å²) in [6.45, 7) is 0. The number of methoxy groups -OCH3 is 1. The lowest BCUT2D eigenvalue weighted by Crippen LogP contribution is -2.12. The van der Waals surface area contributed by atoms with E-state index in [1.807, 2.05) is 0 Å². The van der Waals surface area contributed by atoms with Gasteiger partial charge in [-0.25, -0.2) is 4.39 Å². The fourth-order valence-corrected chi connectivity index (χ4v) is 2.37. The van der Waals surface area contributed by atoms with Crippen LogP contribution in [0.5, 0.6) is 5.75 Å². The van der Waals surface area contributed by atoms with Crippen LogP contribution >= 0.6 is 12.2 Å². The Kier molecular flexibility index (Phi) is 3.64. The molecule has 2 aromatic carbocycles. The maximum absolute atomic E-state index is 13.6. The second-order valence-electron chi connectivity index (χ2n) is 4.64. The summed E-state index contributed by atoms with van der Waals surface area (Å²) in [4.78, 5) is 18.0. The molecule has 0 aliphatic carbocycles. The minimum atomic E-state index is -0.516. The average Bonchev–Trinajstić information content (AvgIpc) is 2.87. The number of rotatable bonds is 3. The first-order chi connectivity index (χ1) is 10.6. The van der Waals surface area contributed by atoms with E-state index in [0.29, 0.717) is 27.2 Å². The number of imidazole rings is 1. The van der Waals surface area contributed by atoms with Crippen LogP contribution in [0.3, 0.4) is 0 Å². The number of H-pyrrole nitrogens is 2. The third-order valence-corrected chi connectivity index (χ3v) is 3.39. The first-order valence-corrected chi connectivity index (χ1v) is 6.84. The van der Waals surface area contributed by atoms with E-state index in [4.69, 9.17) is 17.0 Å². The number of nitrogens with one attached hydrogen (secondary N) is 3. The summed E-state index contributed by atoms with van der Waals surface area (Å²) in [5.41, 5.74) is 1.68. The van der Waals surface area contributed by atoms with Crippen LogP contribution in [-0.2, 0) is 0 Å². The molecule has 0 aliphatic rings. The Bertz CT molecular complexity index is 899. The molecular weight excluding hydrogens is 305 g/mol. The predicted molar refractivity (Wildman–Crippen MR) is 84.4 cm³/mol. The lowest BCUT2D eigenvalue weighted by molar-refractivity contribution is 0.102. The molecule has 0 fully saturated rings. The second kappa shape index (κ2) is 5.61. The van der Waals surface area contributed by atoms with Gasteiger partial charge in [0.05, 0.1) is 23.7 Å². The lowest BCUT2D eigenvalue weighted by atomic mass is 10.1. The van der Waals surface area contributed by atoms with Crippen molar-refractivity contribution < 1.29 is 13.9 Å². The van der Waals surface area contributed by atoms with E-state index in [1.165, 1.54) is 12.1 Å². The average molecular weight is 317 g/mol. The van der Waals surface area contributed by atoms with E-state index in [1.54, 1.807) is 31.4 Å². The Morgan fingerprint density at radius 1 is 1.23 bits per heavy atom. The summed E-state index contributed by atoms with van der Waals surface area (Å²) in [6, 6.07) is 9.30. The number of hydrogen-bond donors (Lipinski definition) is 3. The van der Waals surface area contributed by atoms with E-state index < -0.39 is 11.7 Å². The van der Waals surface area contributed by atoms with Gasteiger partial charge in [-0.15, -0.1) is 0 Å². The van der Waals surface area contributed by atoms with Crippen molar-refractivity contribution in [2.24, 2.45) is 0 Å². The Labute approximate surface area is 130 Å². The quantitative estimate of drug-likeness (QED) is 0.646. The molecule has 0 spiro atoms. The zero-order chi connectivity index (χ0) is 15.7. The maximum Gasteiger partial charge on any atom is 0.257 e. The van der Waals surface area contributed by atoms with Crippen molar-refractivity contribution in [1.82, 2.24) is 9.97 Å². The highest BCUT2D eigenvalue weighted by Crippen LogP contribution is 2.20. The third kappa shape index (κ3) is 2.71. The van der Waals surface area contributed by atoms with Gasteiger partial charge < -0.3 is 20.0 Å². The SMILES string of the molecule is COc1ccc(NC(=O)c2cc(F)cc3[nH]c(=S)[nH]c23)cc1. The van der Waals surface area contributed by atoms with Gasteiger partial charge in [0.15, 0.2) is 4.77 Å². The highest BCUT2D eigenvalue weighted by molar-refractivity contribution is 7.71. The molecule has 22 heavy (non-hydrogen) atoms. The normalized spacial score (nSPS) is 10.6. The van der Waals surface area contributed by atoms with E-state index >= 15 is 0 Å². The van der Waals surface area contributed by atoms with Crippen LogP contribution in [-0.4, -0.2) is 23.0 Å². The number of aromatic amines is 2. The summed E-state index contributed by atoms with van der Waals surface area (Å²) < 4.78 is 19.0. The van der Waals surface area contributed by atoms with Crippen LogP contribution in [0, 0.1) is 10.6 Å². The van der Waals surface area contributed by atoms with Gasteiger partial charge in [-0.2, -0.15) is 0 Å². The van der Waals surface area contributed by atoms with E-state index in [2.05, 4.69) is 15.3 Å². The zero-order valence-corrected chi connectivity index (χ0v) is 12.4. The largest absolute Gasteiger partial charge is 0.497 e.